The molecule has 5 amide bonds. The van der Waals surface area contributed by atoms with E-state index in [2.05, 4.69) is 44.2 Å². The summed E-state index contributed by atoms with van der Waals surface area (Å²) >= 11 is 0. The molecule has 2 fully saturated rings. The molecule has 0 bridgehead atoms. The number of hydrogen-bond donors (Lipinski definition) is 2. The molecule has 13 nitrogen and oxygen atoms in total. The number of aromatic nitrogens is 4. The van der Waals surface area contributed by atoms with Gasteiger partial charge in [0.2, 0.25) is 17.7 Å². The van der Waals surface area contributed by atoms with Gasteiger partial charge in [0.25, 0.3) is 11.8 Å². The zero-order valence-corrected chi connectivity index (χ0v) is 31.5. The van der Waals surface area contributed by atoms with E-state index < -0.39 is 11.9 Å². The van der Waals surface area contributed by atoms with E-state index in [0.29, 0.717) is 49.5 Å². The lowest BCUT2D eigenvalue weighted by atomic mass is 9.85. The fraction of sp³-hybridized carbons (Fsp3) is 0.318. The number of carbonyl (C=O) groups excluding carboxylic acids is 5. The number of imidazole rings is 1. The predicted molar refractivity (Wildman–Crippen MR) is 210 cm³/mol. The maximum Gasteiger partial charge on any atom is 0.269 e. The highest BCUT2D eigenvalue weighted by atomic mass is 16.2. The number of imide groups is 1. The summed E-state index contributed by atoms with van der Waals surface area (Å²) in [7, 11) is 0. The molecule has 0 radical (unpaired) electrons. The number of nitrogens with zero attached hydrogens (tertiary/aromatic N) is 6. The van der Waals surface area contributed by atoms with Gasteiger partial charge in [0.1, 0.15) is 17.6 Å². The van der Waals surface area contributed by atoms with E-state index in [1.165, 1.54) is 11.3 Å². The fourth-order valence-corrected chi connectivity index (χ4v) is 8.26. The van der Waals surface area contributed by atoms with Crippen LogP contribution in [0.3, 0.4) is 0 Å². The molecule has 57 heavy (non-hydrogen) atoms. The van der Waals surface area contributed by atoms with E-state index in [0.717, 1.165) is 69.8 Å². The van der Waals surface area contributed by atoms with Crippen LogP contribution in [0.4, 0.5) is 0 Å². The molecule has 1 saturated carbocycles. The summed E-state index contributed by atoms with van der Waals surface area (Å²) in [6.07, 6.45) is 7.90. The monoisotopic (exact) mass is 760 g/mol. The fourth-order valence-electron chi connectivity index (χ4n) is 8.26. The molecule has 4 aliphatic rings. The Morgan fingerprint density at radius 2 is 1.79 bits per heavy atom. The summed E-state index contributed by atoms with van der Waals surface area (Å²) in [6, 6.07) is 16.3. The van der Waals surface area contributed by atoms with Crippen molar-refractivity contribution in [2.24, 2.45) is 0 Å². The van der Waals surface area contributed by atoms with Gasteiger partial charge >= 0.3 is 0 Å². The van der Waals surface area contributed by atoms with Crippen molar-refractivity contribution in [1.29, 1.82) is 0 Å². The van der Waals surface area contributed by atoms with Gasteiger partial charge in [0.05, 0.1) is 23.6 Å². The lowest BCUT2D eigenvalue weighted by molar-refractivity contribution is -0.137. The lowest BCUT2D eigenvalue weighted by Crippen LogP contribution is -2.52. The van der Waals surface area contributed by atoms with E-state index in [1.54, 1.807) is 31.3 Å². The number of fused-ring (bicyclic) bond motifs is 3. The molecule has 1 aliphatic carbocycles. The van der Waals surface area contributed by atoms with Crippen molar-refractivity contribution in [2.45, 2.75) is 77.0 Å². The van der Waals surface area contributed by atoms with Crippen molar-refractivity contribution in [3.8, 4) is 34.4 Å². The lowest BCUT2D eigenvalue weighted by Gasteiger charge is -2.31. The van der Waals surface area contributed by atoms with E-state index in [-0.39, 0.29) is 42.3 Å². The van der Waals surface area contributed by atoms with Gasteiger partial charge in [-0.3, -0.25) is 39.3 Å². The molecule has 5 aromatic rings. The van der Waals surface area contributed by atoms with Gasteiger partial charge in [-0.2, -0.15) is 0 Å². The Hall–Kier alpha value is -6.68. The SMILES string of the molecule is CC(=O)N1CCn2c(C3CCC3)nc(-c3cccc4cc(-c5ccc(C(=O)NCCC#Cc6cccc7c6CN(C6CCC(=O)NC6=O)C7=O)nc5)ncc34)c2C1. The number of hydrogen-bond acceptors (Lipinski definition) is 8. The van der Waals surface area contributed by atoms with Crippen LogP contribution in [0.25, 0.3) is 33.3 Å². The normalized spacial score (nSPS) is 17.7. The van der Waals surface area contributed by atoms with Crippen LogP contribution in [-0.4, -0.2) is 78.0 Å². The number of piperidine rings is 1. The first-order chi connectivity index (χ1) is 27.7. The quantitative estimate of drug-likeness (QED) is 0.137. The third kappa shape index (κ3) is 6.71. The standard InChI is InChI=1S/C44H40N8O5/c1-26(53)50-19-20-51-38(25-50)40(49-41(51)28-9-4-10-28)31-12-6-11-29-21-36(47-23-33(29)31)30-14-15-35(46-22-30)42(55)45-18-3-2-7-27-8-5-13-32-34(27)24-52(44(32)57)37-16-17-39(54)48-43(37)56/h5-6,8,11-15,21-23,28,37H,3-4,9-10,16-20,24-25H2,1H3,(H,45,55)(H,48,54,56). The second kappa shape index (κ2) is 14.8. The van der Waals surface area contributed by atoms with Crippen LogP contribution in [0.15, 0.2) is 67.0 Å². The maximum atomic E-state index is 13.1. The van der Waals surface area contributed by atoms with Crippen LogP contribution in [0, 0.1) is 11.8 Å². The molecule has 13 heteroatoms. The van der Waals surface area contributed by atoms with Gasteiger partial charge in [-0.15, -0.1) is 0 Å². The summed E-state index contributed by atoms with van der Waals surface area (Å²) in [5.74, 6) is 6.53. The Kier molecular flexibility index (Phi) is 9.32. The van der Waals surface area contributed by atoms with E-state index in [1.807, 2.05) is 35.4 Å². The number of amides is 5. The molecule has 6 heterocycles. The van der Waals surface area contributed by atoms with Crippen LogP contribution in [0.5, 0.6) is 0 Å². The Morgan fingerprint density at radius 1 is 0.947 bits per heavy atom. The van der Waals surface area contributed by atoms with Gasteiger partial charge in [0, 0.05) is 91.9 Å². The highest BCUT2D eigenvalue weighted by Gasteiger charge is 2.40. The molecule has 3 aromatic heterocycles. The Balaban J connectivity index is 0.851. The highest BCUT2D eigenvalue weighted by Crippen LogP contribution is 2.41. The van der Waals surface area contributed by atoms with E-state index in [4.69, 9.17) is 9.97 Å². The summed E-state index contributed by atoms with van der Waals surface area (Å²) in [5.41, 5.74) is 6.73. The van der Waals surface area contributed by atoms with Crippen molar-refractivity contribution in [3.05, 3.63) is 101 Å². The minimum atomic E-state index is -0.690. The van der Waals surface area contributed by atoms with Crippen molar-refractivity contribution >= 4 is 40.3 Å². The summed E-state index contributed by atoms with van der Waals surface area (Å²) in [6.45, 7) is 4.16. The van der Waals surface area contributed by atoms with Crippen molar-refractivity contribution in [1.82, 2.24) is 40.0 Å². The molecular formula is C44H40N8O5. The smallest absolute Gasteiger partial charge is 0.269 e. The third-order valence-electron chi connectivity index (χ3n) is 11.6. The number of rotatable bonds is 7. The first-order valence-corrected chi connectivity index (χ1v) is 19.5. The van der Waals surface area contributed by atoms with Gasteiger partial charge in [0.15, 0.2) is 0 Å². The molecule has 1 saturated heterocycles. The zero-order chi connectivity index (χ0) is 39.2. The van der Waals surface area contributed by atoms with Crippen LogP contribution in [0.1, 0.15) is 94.9 Å². The average Bonchev–Trinajstić information content (AvgIpc) is 3.74. The summed E-state index contributed by atoms with van der Waals surface area (Å²) < 4.78 is 2.34. The topological polar surface area (TPSA) is 159 Å². The molecule has 9 rings (SSSR count). The molecule has 1 unspecified atom stereocenters. The van der Waals surface area contributed by atoms with Gasteiger partial charge in [-0.05, 0) is 60.5 Å². The molecule has 2 N–H and O–H groups in total. The molecule has 3 aliphatic heterocycles. The number of carbonyl (C=O) groups is 5. The van der Waals surface area contributed by atoms with E-state index >= 15 is 0 Å². The molecule has 0 spiro atoms. The second-order valence-corrected chi connectivity index (χ2v) is 15.1. The maximum absolute atomic E-state index is 13.1. The summed E-state index contributed by atoms with van der Waals surface area (Å²) in [4.78, 5) is 80.3. The first-order valence-electron chi connectivity index (χ1n) is 19.5. The molecule has 2 aromatic carbocycles. The van der Waals surface area contributed by atoms with Crippen LogP contribution >= 0.6 is 0 Å². The van der Waals surface area contributed by atoms with E-state index in [9.17, 15) is 24.0 Å². The summed E-state index contributed by atoms with van der Waals surface area (Å²) in [5, 5.41) is 7.18. The molecule has 286 valence electrons. The van der Waals surface area contributed by atoms with Crippen molar-refractivity contribution in [2.75, 3.05) is 13.1 Å². The Bertz CT molecular complexity index is 2560. The largest absolute Gasteiger partial charge is 0.350 e. The zero-order valence-electron chi connectivity index (χ0n) is 31.5. The Labute approximate surface area is 328 Å². The van der Waals surface area contributed by atoms with Crippen LogP contribution in [-0.2, 0) is 34.0 Å². The number of nitrogens with one attached hydrogen (secondary N) is 2. The van der Waals surface area contributed by atoms with Crippen LogP contribution in [0.2, 0.25) is 0 Å². The predicted octanol–water partition coefficient (Wildman–Crippen LogP) is 4.72. The van der Waals surface area contributed by atoms with Crippen LogP contribution < -0.4 is 10.6 Å². The number of benzene rings is 2. The minimum Gasteiger partial charge on any atom is -0.350 e. The Morgan fingerprint density at radius 3 is 2.56 bits per heavy atom. The minimum absolute atomic E-state index is 0.0695. The van der Waals surface area contributed by atoms with Crippen molar-refractivity contribution < 1.29 is 24.0 Å². The molecular weight excluding hydrogens is 721 g/mol. The van der Waals surface area contributed by atoms with Gasteiger partial charge < -0.3 is 19.7 Å². The first kappa shape index (κ1) is 36.0. The second-order valence-electron chi connectivity index (χ2n) is 15.1. The number of pyridine rings is 2. The van der Waals surface area contributed by atoms with Gasteiger partial charge in [-0.25, -0.2) is 4.98 Å². The average molecular weight is 761 g/mol. The van der Waals surface area contributed by atoms with Gasteiger partial charge in [-0.1, -0.05) is 42.5 Å². The third-order valence-corrected chi connectivity index (χ3v) is 11.6. The van der Waals surface area contributed by atoms with Crippen molar-refractivity contribution in [3.63, 3.8) is 0 Å². The molecule has 1 atom stereocenters. The highest BCUT2D eigenvalue weighted by molar-refractivity contribution is 6.05.